The molecule has 0 saturated heterocycles. The lowest BCUT2D eigenvalue weighted by molar-refractivity contribution is 0.0955. The molecule has 0 aromatic heterocycles. The minimum atomic E-state index is -0.393. The average Bonchev–Trinajstić information content (AvgIpc) is 2.54. The number of methoxy groups -OCH3 is 1. The molecule has 23 heavy (non-hydrogen) atoms. The van der Waals surface area contributed by atoms with Crippen LogP contribution in [0.3, 0.4) is 0 Å². The van der Waals surface area contributed by atoms with Crippen molar-refractivity contribution in [1.29, 1.82) is 0 Å². The lowest BCUT2D eigenvalue weighted by Crippen LogP contribution is -2.17. The lowest BCUT2D eigenvalue weighted by Gasteiger charge is -2.09. The summed E-state index contributed by atoms with van der Waals surface area (Å²) in [6.07, 6.45) is 1.32. The van der Waals surface area contributed by atoms with E-state index in [1.807, 2.05) is 0 Å². The Balaban J connectivity index is 2.19. The molecule has 8 heteroatoms. The molecule has 2 aromatic rings. The summed E-state index contributed by atoms with van der Waals surface area (Å²) in [7, 11) is 1.44. The fourth-order valence-electron chi connectivity index (χ4n) is 1.71. The topological polar surface area (TPSA) is 70.9 Å². The van der Waals surface area contributed by atoms with Gasteiger partial charge in [-0.05, 0) is 62.2 Å². The Labute approximate surface area is 154 Å². The second kappa shape index (κ2) is 7.81. The molecule has 0 heterocycles. The number of carbonyl (C=O) groups is 1. The highest BCUT2D eigenvalue weighted by atomic mass is 79.9. The summed E-state index contributed by atoms with van der Waals surface area (Å²) in [6.45, 7) is 0. The Morgan fingerprint density at radius 2 is 2.00 bits per heavy atom. The number of benzene rings is 2. The average molecular weight is 463 g/mol. The van der Waals surface area contributed by atoms with Crippen molar-refractivity contribution in [3.8, 4) is 11.5 Å². The number of phenols is 1. The van der Waals surface area contributed by atoms with Gasteiger partial charge in [-0.15, -0.1) is 0 Å². The Morgan fingerprint density at radius 3 is 2.61 bits per heavy atom. The Bertz CT molecular complexity index is 764. The van der Waals surface area contributed by atoms with Gasteiger partial charge in [0.2, 0.25) is 0 Å². The van der Waals surface area contributed by atoms with Crippen molar-refractivity contribution in [1.82, 2.24) is 5.43 Å². The van der Waals surface area contributed by atoms with E-state index in [-0.39, 0.29) is 11.5 Å². The molecule has 0 spiro atoms. The third kappa shape index (κ3) is 4.25. The largest absolute Gasteiger partial charge is 0.504 e. The van der Waals surface area contributed by atoms with Crippen LogP contribution in [-0.2, 0) is 0 Å². The maximum Gasteiger partial charge on any atom is 0.271 e. The van der Waals surface area contributed by atoms with Crippen LogP contribution in [0.4, 0.5) is 0 Å². The number of hydrogen-bond donors (Lipinski definition) is 2. The van der Waals surface area contributed by atoms with Crippen molar-refractivity contribution >= 4 is 55.6 Å². The summed E-state index contributed by atoms with van der Waals surface area (Å²) in [5.41, 5.74) is 3.16. The minimum Gasteiger partial charge on any atom is -0.504 e. The van der Waals surface area contributed by atoms with Crippen molar-refractivity contribution in [2.45, 2.75) is 0 Å². The monoisotopic (exact) mass is 460 g/mol. The summed E-state index contributed by atoms with van der Waals surface area (Å²) in [5.74, 6) is -0.201. The Hall–Kier alpha value is -1.57. The predicted molar refractivity (Wildman–Crippen MR) is 96.6 cm³/mol. The van der Waals surface area contributed by atoms with Gasteiger partial charge in [-0.3, -0.25) is 4.79 Å². The summed E-state index contributed by atoms with van der Waals surface area (Å²) in [6, 6.07) is 8.01. The summed E-state index contributed by atoms with van der Waals surface area (Å²) in [4.78, 5) is 11.9. The summed E-state index contributed by atoms with van der Waals surface area (Å²) < 4.78 is 6.33. The van der Waals surface area contributed by atoms with Crippen LogP contribution in [0.5, 0.6) is 11.5 Å². The maximum atomic E-state index is 11.9. The minimum absolute atomic E-state index is 0.0907. The zero-order chi connectivity index (χ0) is 17.0. The van der Waals surface area contributed by atoms with Crippen LogP contribution in [-0.4, -0.2) is 24.3 Å². The smallest absolute Gasteiger partial charge is 0.271 e. The maximum absolute atomic E-state index is 11.9. The fraction of sp³-hybridized carbons (Fsp3) is 0.0667. The summed E-state index contributed by atoms with van der Waals surface area (Å²) in [5, 5.41) is 14.5. The van der Waals surface area contributed by atoms with E-state index in [0.29, 0.717) is 25.1 Å². The summed E-state index contributed by atoms with van der Waals surface area (Å²) >= 11 is 12.4. The first-order valence-corrected chi connectivity index (χ1v) is 8.24. The molecule has 0 aliphatic carbocycles. The van der Waals surface area contributed by atoms with Gasteiger partial charge in [0.25, 0.3) is 5.91 Å². The van der Waals surface area contributed by atoms with Crippen LogP contribution in [0.15, 0.2) is 44.4 Å². The number of hydrazone groups is 1. The van der Waals surface area contributed by atoms with Crippen LogP contribution in [0.1, 0.15) is 15.9 Å². The number of aromatic hydroxyl groups is 1. The molecule has 5 nitrogen and oxygen atoms in total. The van der Waals surface area contributed by atoms with Gasteiger partial charge in [0.1, 0.15) is 0 Å². The highest BCUT2D eigenvalue weighted by molar-refractivity contribution is 9.13. The van der Waals surface area contributed by atoms with Crippen LogP contribution in [0, 0.1) is 0 Å². The molecule has 2 aromatic carbocycles. The predicted octanol–water partition coefficient (Wildman–Crippen LogP) is 4.34. The highest BCUT2D eigenvalue weighted by Crippen LogP contribution is 2.39. The molecular weight excluding hydrogens is 451 g/mol. The number of hydrogen-bond acceptors (Lipinski definition) is 4. The number of amides is 1. The van der Waals surface area contributed by atoms with E-state index in [0.717, 1.165) is 0 Å². The van der Waals surface area contributed by atoms with Crippen molar-refractivity contribution in [3.63, 3.8) is 0 Å². The van der Waals surface area contributed by atoms with E-state index < -0.39 is 5.91 Å². The molecule has 2 N–H and O–H groups in total. The van der Waals surface area contributed by atoms with Crippen molar-refractivity contribution in [2.24, 2.45) is 5.10 Å². The van der Waals surface area contributed by atoms with E-state index >= 15 is 0 Å². The number of rotatable bonds is 4. The number of phenolic OH excluding ortho intramolecular Hbond substituents is 1. The second-order valence-corrected chi connectivity index (χ2v) is 6.43. The zero-order valence-corrected chi connectivity index (χ0v) is 15.7. The van der Waals surface area contributed by atoms with Crippen LogP contribution in [0.2, 0.25) is 5.02 Å². The van der Waals surface area contributed by atoms with Crippen LogP contribution in [0.25, 0.3) is 0 Å². The van der Waals surface area contributed by atoms with Gasteiger partial charge in [-0.25, -0.2) is 5.43 Å². The normalized spacial score (nSPS) is 10.8. The molecule has 0 radical (unpaired) electrons. The van der Waals surface area contributed by atoms with Gasteiger partial charge in [0, 0.05) is 19.5 Å². The van der Waals surface area contributed by atoms with Gasteiger partial charge in [0.05, 0.1) is 18.9 Å². The van der Waals surface area contributed by atoms with E-state index in [1.54, 1.807) is 30.3 Å². The molecule has 0 unspecified atom stereocenters. The molecule has 0 bridgehead atoms. The molecule has 120 valence electrons. The first-order valence-electron chi connectivity index (χ1n) is 6.28. The third-order valence-corrected chi connectivity index (χ3v) is 5.14. The van der Waals surface area contributed by atoms with E-state index in [9.17, 15) is 9.90 Å². The van der Waals surface area contributed by atoms with Gasteiger partial charge >= 0.3 is 0 Å². The lowest BCUT2D eigenvalue weighted by atomic mass is 10.2. The van der Waals surface area contributed by atoms with Crippen LogP contribution < -0.4 is 10.2 Å². The quantitative estimate of drug-likeness (QED) is 0.525. The van der Waals surface area contributed by atoms with Gasteiger partial charge in [0.15, 0.2) is 11.5 Å². The standard InChI is InChI=1S/C15H11Br2ClN2O3/c1-23-12-6-11(16)13(17)10(14(12)21)7-19-20-15(22)8-2-4-9(18)5-3-8/h2-7,21H,1H3,(H,20,22). The number of nitrogens with zero attached hydrogens (tertiary/aromatic N) is 1. The number of carbonyl (C=O) groups excluding carboxylic acids is 1. The molecule has 1 amide bonds. The van der Waals surface area contributed by atoms with E-state index in [1.165, 1.54) is 13.3 Å². The van der Waals surface area contributed by atoms with Gasteiger partial charge in [-0.1, -0.05) is 11.6 Å². The van der Waals surface area contributed by atoms with E-state index in [4.69, 9.17) is 16.3 Å². The second-order valence-electron chi connectivity index (χ2n) is 4.34. The molecule has 0 saturated carbocycles. The third-order valence-electron chi connectivity index (χ3n) is 2.88. The first kappa shape index (κ1) is 17.8. The number of halogens is 3. The Morgan fingerprint density at radius 1 is 1.35 bits per heavy atom. The van der Waals surface area contributed by atoms with Crippen LogP contribution >= 0.6 is 43.5 Å². The van der Waals surface area contributed by atoms with Crippen molar-refractivity contribution < 1.29 is 14.6 Å². The Kier molecular flexibility index (Phi) is 6.04. The van der Waals surface area contributed by atoms with Gasteiger partial charge in [-0.2, -0.15) is 5.10 Å². The van der Waals surface area contributed by atoms with E-state index in [2.05, 4.69) is 42.4 Å². The van der Waals surface area contributed by atoms with Crippen molar-refractivity contribution in [2.75, 3.05) is 7.11 Å². The molecule has 0 atom stereocenters. The SMILES string of the molecule is COc1cc(Br)c(Br)c(C=NNC(=O)c2ccc(Cl)cc2)c1O. The molecule has 2 rings (SSSR count). The molecular formula is C15H11Br2ClN2O3. The molecule has 0 fully saturated rings. The first-order chi connectivity index (χ1) is 10.9. The molecule has 0 aliphatic heterocycles. The van der Waals surface area contributed by atoms with Crippen molar-refractivity contribution in [3.05, 3.63) is 55.4 Å². The number of nitrogens with one attached hydrogen (secondary N) is 1. The van der Waals surface area contributed by atoms with Gasteiger partial charge < -0.3 is 9.84 Å². The highest BCUT2D eigenvalue weighted by Gasteiger charge is 2.14. The fourth-order valence-corrected chi connectivity index (χ4v) is 2.66. The zero-order valence-electron chi connectivity index (χ0n) is 11.8. The molecule has 0 aliphatic rings. The number of ether oxygens (including phenoxy) is 1.